The molecule has 2 aliphatic heterocycles. The van der Waals surface area contributed by atoms with Gasteiger partial charge in [0.1, 0.15) is 17.6 Å². The summed E-state index contributed by atoms with van der Waals surface area (Å²) in [7, 11) is 2.02. The zero-order chi connectivity index (χ0) is 30.6. The van der Waals surface area contributed by atoms with Crippen LogP contribution in [0.2, 0.25) is 0 Å². The van der Waals surface area contributed by atoms with E-state index in [9.17, 15) is 24.6 Å². The quantitative estimate of drug-likeness (QED) is 0.310. The van der Waals surface area contributed by atoms with Crippen LogP contribution in [0.3, 0.4) is 0 Å². The maximum atomic E-state index is 13.2. The minimum absolute atomic E-state index is 0.164. The first-order valence-corrected chi connectivity index (χ1v) is 14.9. The number of esters is 2. The molecule has 7 atom stereocenters. The Balaban J connectivity index is 1.35. The number of hydrogen-bond donors (Lipinski definition) is 4. The second-order valence-electron chi connectivity index (χ2n) is 12.7. The van der Waals surface area contributed by atoms with Gasteiger partial charge in [-0.1, -0.05) is 26.0 Å². The van der Waals surface area contributed by atoms with Gasteiger partial charge in [-0.05, 0) is 70.7 Å². The third-order valence-electron chi connectivity index (χ3n) is 9.47. The molecule has 5 N–H and O–H groups in total. The number of carbonyl (C=O) groups is 3. The minimum atomic E-state index is -1.27. The fraction of sp³-hybridized carbons (Fsp3) is 0.645. The number of ether oxygens (including phenoxy) is 3. The van der Waals surface area contributed by atoms with Crippen molar-refractivity contribution in [3.63, 3.8) is 0 Å². The van der Waals surface area contributed by atoms with Crippen molar-refractivity contribution < 1.29 is 38.8 Å². The predicted octanol–water partition coefficient (Wildman–Crippen LogP) is 1.20. The molecule has 0 aromatic heterocycles. The standard InChI is InChI=1S/C31H43N3O8/c1-16(2)13-21(32)27(36)33-17(3)28(37)40-18(4)29(38)41-22-9-11-31(39)23-14-19-7-8-20(15-35)25-24(19)30(31,26(22)42-25)10-6-12-34(23)5/h7-9,16-18,21,23,26,35,39H,6,10-15,32H2,1-5H3,(H,33,36)/t17-,18-,21-,23+,26-,30-,31+/m0/s1. The van der Waals surface area contributed by atoms with Gasteiger partial charge in [-0.3, -0.25) is 4.79 Å². The van der Waals surface area contributed by atoms with Gasteiger partial charge < -0.3 is 40.4 Å². The SMILES string of the molecule is CC(C)C[C@H](N)C(=O)N[C@@H](C)C(=O)O[C@@H](C)C(=O)OC1=CC[C@@]2(O)[C@H]3Cc4ccc(CO)c5c4[C@@]2(CCCN3C)[C@H]1O5. The molecule has 5 rings (SSSR count). The number of likely N-dealkylation sites (tertiary alicyclic amines) is 1. The Morgan fingerprint density at radius 1 is 1.21 bits per heavy atom. The van der Waals surface area contributed by atoms with Crippen molar-refractivity contribution in [2.75, 3.05) is 13.6 Å². The maximum absolute atomic E-state index is 13.2. The summed E-state index contributed by atoms with van der Waals surface area (Å²) >= 11 is 0. The zero-order valence-corrected chi connectivity index (χ0v) is 25.0. The summed E-state index contributed by atoms with van der Waals surface area (Å²) in [4.78, 5) is 40.5. The largest absolute Gasteiger partial charge is 0.481 e. The molecule has 2 heterocycles. The topological polar surface area (TPSA) is 161 Å². The number of aliphatic hydroxyl groups excluding tert-OH is 1. The van der Waals surface area contributed by atoms with Crippen LogP contribution in [0.15, 0.2) is 24.0 Å². The fourth-order valence-corrected chi connectivity index (χ4v) is 7.40. The molecule has 230 valence electrons. The number of likely N-dealkylation sites (N-methyl/N-ethyl adjacent to an activating group) is 1. The first-order chi connectivity index (χ1) is 19.8. The lowest BCUT2D eigenvalue weighted by molar-refractivity contribution is -0.169. The molecule has 0 unspecified atom stereocenters. The van der Waals surface area contributed by atoms with Gasteiger partial charge >= 0.3 is 11.9 Å². The van der Waals surface area contributed by atoms with Crippen LogP contribution in [-0.4, -0.2) is 82.5 Å². The average molecular weight is 586 g/mol. The van der Waals surface area contributed by atoms with Crippen molar-refractivity contribution >= 4 is 17.8 Å². The molecule has 1 spiro atoms. The molecule has 11 heteroatoms. The number of nitrogens with two attached hydrogens (primary N) is 1. The van der Waals surface area contributed by atoms with E-state index in [-0.39, 0.29) is 30.7 Å². The summed E-state index contributed by atoms with van der Waals surface area (Å²) in [5.74, 6) is -1.05. The van der Waals surface area contributed by atoms with E-state index < -0.39 is 53.2 Å². The lowest BCUT2D eigenvalue weighted by atomic mass is 9.52. The van der Waals surface area contributed by atoms with E-state index in [1.54, 1.807) is 6.08 Å². The molecule has 0 radical (unpaired) electrons. The second kappa shape index (κ2) is 11.3. The number of amides is 1. The Hall–Kier alpha value is -2.99. The van der Waals surface area contributed by atoms with Crippen molar-refractivity contribution in [2.24, 2.45) is 11.7 Å². The van der Waals surface area contributed by atoms with E-state index >= 15 is 0 Å². The maximum Gasteiger partial charge on any atom is 0.352 e. The van der Waals surface area contributed by atoms with Crippen molar-refractivity contribution in [1.29, 1.82) is 0 Å². The Labute approximate surface area is 246 Å². The molecule has 1 amide bonds. The number of aliphatic hydroxyl groups is 2. The van der Waals surface area contributed by atoms with Gasteiger partial charge in [0, 0.05) is 23.6 Å². The van der Waals surface area contributed by atoms with Crippen LogP contribution in [0.4, 0.5) is 0 Å². The van der Waals surface area contributed by atoms with Gasteiger partial charge in [-0.25, -0.2) is 9.59 Å². The smallest absolute Gasteiger partial charge is 0.352 e. The van der Waals surface area contributed by atoms with E-state index in [4.69, 9.17) is 19.9 Å². The van der Waals surface area contributed by atoms with Crippen LogP contribution in [0.1, 0.15) is 70.1 Å². The van der Waals surface area contributed by atoms with Crippen molar-refractivity contribution in [3.8, 4) is 5.75 Å². The van der Waals surface area contributed by atoms with E-state index in [1.165, 1.54) is 13.8 Å². The van der Waals surface area contributed by atoms with Crippen LogP contribution in [0, 0.1) is 5.92 Å². The molecule has 2 aliphatic carbocycles. The van der Waals surface area contributed by atoms with Gasteiger partial charge in [0.15, 0.2) is 12.2 Å². The molecule has 1 aromatic carbocycles. The molecule has 11 nitrogen and oxygen atoms in total. The summed E-state index contributed by atoms with van der Waals surface area (Å²) in [5.41, 5.74) is 6.45. The third-order valence-corrected chi connectivity index (χ3v) is 9.47. The van der Waals surface area contributed by atoms with E-state index in [0.29, 0.717) is 30.6 Å². The van der Waals surface area contributed by atoms with Crippen molar-refractivity contribution in [3.05, 3.63) is 40.7 Å². The van der Waals surface area contributed by atoms with E-state index in [1.807, 2.05) is 33.0 Å². The highest BCUT2D eigenvalue weighted by Gasteiger charge is 2.70. The zero-order valence-electron chi connectivity index (χ0n) is 25.0. The van der Waals surface area contributed by atoms with Crippen molar-refractivity contribution in [1.82, 2.24) is 10.2 Å². The average Bonchev–Trinajstić information content (AvgIpc) is 3.27. The number of rotatable bonds is 9. The highest BCUT2D eigenvalue weighted by atomic mass is 16.6. The Morgan fingerprint density at radius 2 is 1.95 bits per heavy atom. The number of benzene rings is 1. The van der Waals surface area contributed by atoms with Crippen molar-refractivity contribution in [2.45, 2.75) is 108 Å². The lowest BCUT2D eigenvalue weighted by Crippen LogP contribution is -2.69. The number of hydrogen-bond acceptors (Lipinski definition) is 10. The van der Waals surface area contributed by atoms with Gasteiger partial charge in [0.25, 0.3) is 0 Å². The van der Waals surface area contributed by atoms with Crippen LogP contribution in [0.25, 0.3) is 0 Å². The van der Waals surface area contributed by atoms with Gasteiger partial charge in [-0.2, -0.15) is 0 Å². The molecular weight excluding hydrogens is 542 g/mol. The Kier molecular flexibility index (Phi) is 8.17. The highest BCUT2D eigenvalue weighted by molar-refractivity contribution is 5.88. The third kappa shape index (κ3) is 4.80. The summed E-state index contributed by atoms with van der Waals surface area (Å²) < 4.78 is 17.7. The first-order valence-electron chi connectivity index (χ1n) is 14.9. The molecule has 4 aliphatic rings. The molecule has 2 bridgehead atoms. The van der Waals surface area contributed by atoms with E-state index in [0.717, 1.165) is 24.1 Å². The molecule has 42 heavy (non-hydrogen) atoms. The minimum Gasteiger partial charge on any atom is -0.481 e. The summed E-state index contributed by atoms with van der Waals surface area (Å²) in [6.07, 6.45) is 2.42. The van der Waals surface area contributed by atoms with E-state index in [2.05, 4.69) is 10.2 Å². The van der Waals surface area contributed by atoms with Crippen LogP contribution < -0.4 is 15.8 Å². The monoisotopic (exact) mass is 585 g/mol. The number of nitrogens with zero attached hydrogens (tertiary/aromatic N) is 1. The van der Waals surface area contributed by atoms with Crippen LogP contribution in [-0.2, 0) is 42.3 Å². The molecule has 1 saturated heterocycles. The van der Waals surface area contributed by atoms with Gasteiger partial charge in [-0.15, -0.1) is 0 Å². The lowest BCUT2D eigenvalue weighted by Gasteiger charge is -2.56. The van der Waals surface area contributed by atoms with Gasteiger partial charge in [0.05, 0.1) is 23.7 Å². The first kappa shape index (κ1) is 30.5. The summed E-state index contributed by atoms with van der Waals surface area (Å²) in [6.45, 7) is 7.33. The molecule has 1 fully saturated rings. The highest BCUT2D eigenvalue weighted by Crippen LogP contribution is 2.64. The normalized spacial score (nSPS) is 29.8. The second-order valence-corrected chi connectivity index (χ2v) is 12.7. The Morgan fingerprint density at radius 3 is 2.64 bits per heavy atom. The molecule has 1 aromatic rings. The molecule has 0 saturated carbocycles. The Bertz CT molecular complexity index is 1300. The fourth-order valence-electron chi connectivity index (χ4n) is 7.40. The summed E-state index contributed by atoms with van der Waals surface area (Å²) in [6, 6.07) is 1.92. The van der Waals surface area contributed by atoms with Gasteiger partial charge in [0.2, 0.25) is 5.91 Å². The summed E-state index contributed by atoms with van der Waals surface area (Å²) in [5, 5.41) is 25.1. The number of nitrogens with one attached hydrogen (secondary N) is 1. The van der Waals surface area contributed by atoms with Crippen LogP contribution in [0.5, 0.6) is 5.75 Å². The molecular formula is C31H43N3O8. The number of carbonyl (C=O) groups excluding carboxylic acids is 3. The van der Waals surface area contributed by atoms with Crippen LogP contribution >= 0.6 is 0 Å². The predicted molar refractivity (Wildman–Crippen MR) is 152 cm³/mol.